The van der Waals surface area contributed by atoms with Crippen molar-refractivity contribution in [3.63, 3.8) is 0 Å². The van der Waals surface area contributed by atoms with Crippen LogP contribution in [0, 0.1) is 0 Å². The molecule has 0 bridgehead atoms. The summed E-state index contributed by atoms with van der Waals surface area (Å²) in [4.78, 5) is 15.3. The maximum Gasteiger partial charge on any atom is 0.179 e. The number of hydrogen-bond donors (Lipinski definition) is 0. The van der Waals surface area contributed by atoms with E-state index in [2.05, 4.69) is 161 Å². The largest absolute Gasteiger partial charge is 0.307 e. The minimum Gasteiger partial charge on any atom is -0.307 e. The lowest BCUT2D eigenvalue weighted by atomic mass is 10.1. The number of aromatic nitrogens is 5. The van der Waals surface area contributed by atoms with Gasteiger partial charge < -0.3 is 9.13 Å². The third-order valence-electron chi connectivity index (χ3n) is 10.8. The number of para-hydroxylation sites is 5. The fourth-order valence-corrected chi connectivity index (χ4v) is 8.21. The van der Waals surface area contributed by atoms with Gasteiger partial charge >= 0.3 is 0 Å². The van der Waals surface area contributed by atoms with Gasteiger partial charge in [-0.2, -0.15) is 0 Å². The Hall–Kier alpha value is -7.63. The van der Waals surface area contributed by atoms with Gasteiger partial charge in [-0.15, -0.1) is 0 Å². The summed E-state index contributed by atoms with van der Waals surface area (Å²) in [6.45, 7) is 0. The monoisotopic (exact) mass is 715 g/mol. The van der Waals surface area contributed by atoms with E-state index in [1.165, 1.54) is 27.2 Å². The highest BCUT2D eigenvalue weighted by molar-refractivity contribution is 6.12. The molecule has 0 amide bonds. The first-order valence-corrected chi connectivity index (χ1v) is 18.9. The Kier molecular flexibility index (Phi) is 7.42. The second kappa shape index (κ2) is 13.0. The molecular formula is C51H33N5. The van der Waals surface area contributed by atoms with E-state index in [1.54, 1.807) is 0 Å². The number of nitrogens with zero attached hydrogens (tertiary/aromatic N) is 5. The van der Waals surface area contributed by atoms with Crippen LogP contribution in [0.1, 0.15) is 0 Å². The first-order valence-electron chi connectivity index (χ1n) is 18.9. The highest BCUT2D eigenvalue weighted by Gasteiger charge is 2.20. The molecule has 0 spiro atoms. The van der Waals surface area contributed by atoms with Crippen molar-refractivity contribution in [2.75, 3.05) is 0 Å². The van der Waals surface area contributed by atoms with E-state index in [9.17, 15) is 0 Å². The Morgan fingerprint density at radius 1 is 0.268 bits per heavy atom. The van der Waals surface area contributed by atoms with E-state index in [4.69, 9.17) is 15.0 Å². The highest BCUT2D eigenvalue weighted by atomic mass is 15.1. The summed E-state index contributed by atoms with van der Waals surface area (Å²) < 4.78 is 4.81. The summed E-state index contributed by atoms with van der Waals surface area (Å²) in [7, 11) is 0. The molecule has 11 aromatic rings. The molecule has 4 aromatic heterocycles. The van der Waals surface area contributed by atoms with Crippen molar-refractivity contribution in [1.82, 2.24) is 24.1 Å². The van der Waals surface area contributed by atoms with Crippen molar-refractivity contribution < 1.29 is 0 Å². The fourth-order valence-electron chi connectivity index (χ4n) is 8.21. The number of hydrogen-bond acceptors (Lipinski definition) is 3. The summed E-state index contributed by atoms with van der Waals surface area (Å²) in [5.41, 5.74) is 13.3. The predicted molar refractivity (Wildman–Crippen MR) is 230 cm³/mol. The minimum absolute atomic E-state index is 0.589. The van der Waals surface area contributed by atoms with Crippen molar-refractivity contribution >= 4 is 43.6 Å². The van der Waals surface area contributed by atoms with Gasteiger partial charge in [0, 0.05) is 38.2 Å². The molecule has 5 nitrogen and oxygen atoms in total. The summed E-state index contributed by atoms with van der Waals surface area (Å²) in [6.07, 6.45) is 0. The summed E-state index contributed by atoms with van der Waals surface area (Å²) >= 11 is 0. The lowest BCUT2D eigenvalue weighted by Gasteiger charge is -2.16. The zero-order chi connectivity index (χ0) is 37.0. The molecule has 0 radical (unpaired) electrons. The maximum atomic E-state index is 5.21. The second-order valence-corrected chi connectivity index (χ2v) is 14.0. The molecule has 4 heterocycles. The van der Waals surface area contributed by atoms with Crippen LogP contribution in [0.4, 0.5) is 0 Å². The van der Waals surface area contributed by atoms with Crippen LogP contribution in [0.5, 0.6) is 0 Å². The lowest BCUT2D eigenvalue weighted by molar-refractivity contribution is 1.09. The van der Waals surface area contributed by atoms with Crippen LogP contribution in [-0.2, 0) is 0 Å². The van der Waals surface area contributed by atoms with Gasteiger partial charge in [0.25, 0.3) is 0 Å². The molecule has 0 unspecified atom stereocenters. The summed E-state index contributed by atoms with van der Waals surface area (Å²) in [5.74, 6) is 0.589. The maximum absolute atomic E-state index is 5.21. The van der Waals surface area contributed by atoms with Crippen LogP contribution < -0.4 is 0 Å². The van der Waals surface area contributed by atoms with Gasteiger partial charge in [-0.05, 0) is 60.7 Å². The molecule has 0 saturated heterocycles. The van der Waals surface area contributed by atoms with E-state index >= 15 is 0 Å². The molecule has 0 aliphatic carbocycles. The van der Waals surface area contributed by atoms with Crippen LogP contribution in [-0.4, -0.2) is 24.1 Å². The van der Waals surface area contributed by atoms with Crippen LogP contribution in [0.15, 0.2) is 200 Å². The van der Waals surface area contributed by atoms with Crippen molar-refractivity contribution in [3.8, 4) is 56.7 Å². The third kappa shape index (κ3) is 5.21. The molecule has 262 valence electrons. The predicted octanol–water partition coefficient (Wildman–Crippen LogP) is 12.7. The second-order valence-electron chi connectivity index (χ2n) is 14.0. The molecule has 5 heteroatoms. The third-order valence-corrected chi connectivity index (χ3v) is 10.8. The Morgan fingerprint density at radius 3 is 1.27 bits per heavy atom. The first kappa shape index (κ1) is 31.9. The molecular weight excluding hydrogens is 683 g/mol. The van der Waals surface area contributed by atoms with Crippen LogP contribution in [0.3, 0.4) is 0 Å². The summed E-state index contributed by atoms with van der Waals surface area (Å²) in [5, 5.41) is 4.83. The van der Waals surface area contributed by atoms with Crippen LogP contribution >= 0.6 is 0 Å². The zero-order valence-electron chi connectivity index (χ0n) is 30.3. The van der Waals surface area contributed by atoms with Gasteiger partial charge in [-0.25, -0.2) is 15.0 Å². The quantitative estimate of drug-likeness (QED) is 0.172. The minimum atomic E-state index is 0.589. The van der Waals surface area contributed by atoms with Crippen molar-refractivity contribution in [2.45, 2.75) is 0 Å². The lowest BCUT2D eigenvalue weighted by Crippen LogP contribution is -2.03. The molecule has 7 aromatic carbocycles. The van der Waals surface area contributed by atoms with Gasteiger partial charge in [-0.1, -0.05) is 140 Å². The SMILES string of the molecule is c1ccc(-c2cc(-c3ccccc3)nc(-c3cccc(-c4ccc5c(c4)c4ccccc4n5-c4ccccc4-n4c5ccccc5c5ccccc54)n3)n2)cc1. The van der Waals surface area contributed by atoms with Gasteiger partial charge in [0.05, 0.1) is 50.5 Å². The average Bonchev–Trinajstić information content (AvgIpc) is 3.79. The van der Waals surface area contributed by atoms with E-state index in [0.717, 1.165) is 67.3 Å². The Morgan fingerprint density at radius 2 is 0.714 bits per heavy atom. The van der Waals surface area contributed by atoms with Gasteiger partial charge in [-0.3, -0.25) is 0 Å². The molecule has 0 atom stereocenters. The van der Waals surface area contributed by atoms with Gasteiger partial charge in [0.1, 0.15) is 5.69 Å². The molecule has 11 rings (SSSR count). The zero-order valence-corrected chi connectivity index (χ0v) is 30.3. The number of pyridine rings is 1. The smallest absolute Gasteiger partial charge is 0.179 e. The molecule has 0 aliphatic heterocycles. The van der Waals surface area contributed by atoms with E-state index in [-0.39, 0.29) is 0 Å². The molecule has 0 N–H and O–H groups in total. The topological polar surface area (TPSA) is 48.5 Å². The van der Waals surface area contributed by atoms with Crippen LogP contribution in [0.2, 0.25) is 0 Å². The van der Waals surface area contributed by atoms with Crippen molar-refractivity contribution in [3.05, 3.63) is 200 Å². The standard InChI is InChI=1S/C51H33N5/c1-3-16-34(17-4-1)43-33-44(35-18-5-2-6-19-35)54-51(53-43)42-24-15-23-41(52-42)36-30-31-48-40(32-36)39-22-9-12-27-47(39)56(48)50-29-14-13-28-49(50)55-45-25-10-7-20-37(45)38-21-8-11-26-46(38)55/h1-33H. The van der Waals surface area contributed by atoms with Crippen LogP contribution in [0.25, 0.3) is 100 Å². The van der Waals surface area contributed by atoms with E-state index in [1.807, 2.05) is 48.5 Å². The molecule has 56 heavy (non-hydrogen) atoms. The van der Waals surface area contributed by atoms with Crippen molar-refractivity contribution in [2.24, 2.45) is 0 Å². The Balaban J connectivity index is 1.07. The first-order chi connectivity index (χ1) is 27.8. The average molecular weight is 716 g/mol. The normalized spacial score (nSPS) is 11.6. The highest BCUT2D eigenvalue weighted by Crippen LogP contribution is 2.39. The van der Waals surface area contributed by atoms with Gasteiger partial charge in [0.15, 0.2) is 5.82 Å². The molecule has 0 fully saturated rings. The van der Waals surface area contributed by atoms with Gasteiger partial charge in [0.2, 0.25) is 0 Å². The molecule has 0 aliphatic rings. The Bertz CT molecular complexity index is 3140. The van der Waals surface area contributed by atoms with Crippen molar-refractivity contribution in [1.29, 1.82) is 0 Å². The number of fused-ring (bicyclic) bond motifs is 6. The van der Waals surface area contributed by atoms with E-state index in [0.29, 0.717) is 5.82 Å². The van der Waals surface area contributed by atoms with E-state index < -0.39 is 0 Å². The Labute approximate surface area is 323 Å². The number of rotatable bonds is 6. The molecule has 0 saturated carbocycles. The number of benzene rings is 7. The summed E-state index contributed by atoms with van der Waals surface area (Å²) in [6, 6.07) is 70.2. The fraction of sp³-hybridized carbons (Fsp3) is 0.